The van der Waals surface area contributed by atoms with Gasteiger partial charge in [0.05, 0.1) is 61.0 Å². The molecule has 4 aromatic carbocycles. The lowest BCUT2D eigenvalue weighted by Crippen LogP contribution is -2.51. The number of nitrogens with zero attached hydrogens (tertiary/aromatic N) is 4. The van der Waals surface area contributed by atoms with Gasteiger partial charge in [-0.2, -0.15) is 0 Å². The van der Waals surface area contributed by atoms with Crippen LogP contribution in [0.2, 0.25) is 0 Å². The van der Waals surface area contributed by atoms with Crippen molar-refractivity contribution in [2.45, 2.75) is 77.5 Å². The Bertz CT molecular complexity index is 2610. The SMILES string of the molecule is COC(=O)N[C@H](C(=O)CN1CCC[C@H]1c1nc2ccc(-c3ccc4cc(-c5ccc6nc([C@@H]7CCCN7C(=O)[C@@H](NC(=O)OC)C(C)C)[nH]c6c5)ccc4c3)cc2[nH]1)C(C)C. The number of carbonyl (C=O) groups excluding carboxylic acids is 4. The number of hydrogen-bond donors (Lipinski definition) is 4. The van der Waals surface area contributed by atoms with Crippen LogP contribution in [0.1, 0.15) is 77.1 Å². The summed E-state index contributed by atoms with van der Waals surface area (Å²) in [7, 11) is 2.60. The van der Waals surface area contributed by atoms with Crippen LogP contribution in [0.25, 0.3) is 55.1 Å². The number of aromatic nitrogens is 4. The van der Waals surface area contributed by atoms with E-state index in [4.69, 9.17) is 19.4 Å². The first-order valence-corrected chi connectivity index (χ1v) is 21.2. The molecule has 14 heteroatoms. The standard InChI is InChI=1S/C47H54N8O6/c1-26(2)41(52-46(58)60-5)40(56)25-54-19-7-9-38(54)43-48-34-17-15-32(23-36(34)50-43)30-13-11-29-22-31(14-12-28(29)21-30)33-16-18-35-37(24-33)51-44(49-35)39-10-8-20-55(39)45(57)42(27(3)4)53-47(59)61-6/h11-18,21-24,26-27,38-39,41-42H,7-10,19-20,25H2,1-6H3,(H,48,50)(H,49,51)(H,52,58)(H,53,59)/t38-,39-,41-,42-/m0/s1. The van der Waals surface area contributed by atoms with E-state index in [9.17, 15) is 19.2 Å². The molecule has 8 rings (SSSR count). The number of amides is 3. The van der Waals surface area contributed by atoms with Gasteiger partial charge < -0.3 is 35.0 Å². The maximum absolute atomic E-state index is 13.7. The normalized spacial score (nSPS) is 18.0. The first kappa shape index (κ1) is 41.5. The molecule has 4 heterocycles. The summed E-state index contributed by atoms with van der Waals surface area (Å²) in [6, 6.07) is 23.9. The minimum atomic E-state index is -0.690. The van der Waals surface area contributed by atoms with Gasteiger partial charge in [0.2, 0.25) is 5.91 Å². The number of ketones is 1. The van der Waals surface area contributed by atoms with Crippen molar-refractivity contribution in [3.05, 3.63) is 84.4 Å². The van der Waals surface area contributed by atoms with Gasteiger partial charge in [-0.1, -0.05) is 64.1 Å². The monoisotopic (exact) mass is 826 g/mol. The molecular weight excluding hydrogens is 773 g/mol. The van der Waals surface area contributed by atoms with Crippen molar-refractivity contribution in [3.8, 4) is 22.3 Å². The first-order valence-electron chi connectivity index (χ1n) is 21.2. The number of imidazole rings is 2. The predicted octanol–water partition coefficient (Wildman–Crippen LogP) is 8.06. The molecule has 6 aromatic rings. The fourth-order valence-corrected chi connectivity index (χ4v) is 8.96. The average Bonchev–Trinajstić information content (AvgIpc) is 4.09. The van der Waals surface area contributed by atoms with E-state index in [0.29, 0.717) is 6.54 Å². The summed E-state index contributed by atoms with van der Waals surface area (Å²) >= 11 is 0. The molecule has 4 N–H and O–H groups in total. The van der Waals surface area contributed by atoms with Crippen LogP contribution in [0, 0.1) is 11.8 Å². The highest BCUT2D eigenvalue weighted by atomic mass is 16.5. The van der Waals surface area contributed by atoms with Crippen molar-refractivity contribution in [2.75, 3.05) is 33.9 Å². The number of nitrogens with one attached hydrogen (secondary N) is 4. The summed E-state index contributed by atoms with van der Waals surface area (Å²) in [4.78, 5) is 71.9. The van der Waals surface area contributed by atoms with Gasteiger partial charge in [-0.15, -0.1) is 0 Å². The lowest BCUT2D eigenvalue weighted by Gasteiger charge is -2.29. The lowest BCUT2D eigenvalue weighted by atomic mass is 9.97. The molecule has 4 atom stereocenters. The van der Waals surface area contributed by atoms with E-state index in [1.54, 1.807) is 0 Å². The van der Waals surface area contributed by atoms with Crippen LogP contribution in [0.15, 0.2) is 72.8 Å². The molecule has 2 fully saturated rings. The number of aromatic amines is 2. The lowest BCUT2D eigenvalue weighted by molar-refractivity contribution is -0.135. The summed E-state index contributed by atoms with van der Waals surface area (Å²) in [5.74, 6) is 1.23. The van der Waals surface area contributed by atoms with Crippen LogP contribution in [-0.4, -0.2) is 99.6 Å². The van der Waals surface area contributed by atoms with Crippen LogP contribution in [0.5, 0.6) is 0 Å². The Morgan fingerprint density at radius 3 is 1.67 bits per heavy atom. The van der Waals surface area contributed by atoms with Gasteiger partial charge in [-0.25, -0.2) is 19.6 Å². The molecule has 0 saturated carbocycles. The highest BCUT2D eigenvalue weighted by Crippen LogP contribution is 2.36. The minimum Gasteiger partial charge on any atom is -0.453 e. The van der Waals surface area contributed by atoms with Crippen LogP contribution in [0.4, 0.5) is 9.59 Å². The van der Waals surface area contributed by atoms with Gasteiger partial charge in [-0.3, -0.25) is 14.5 Å². The third-order valence-electron chi connectivity index (χ3n) is 12.3. The Kier molecular flexibility index (Phi) is 11.8. The van der Waals surface area contributed by atoms with Crippen LogP contribution >= 0.6 is 0 Å². The largest absolute Gasteiger partial charge is 0.453 e. The number of alkyl carbamates (subject to hydrolysis) is 2. The molecule has 0 radical (unpaired) electrons. The maximum Gasteiger partial charge on any atom is 0.407 e. The minimum absolute atomic E-state index is 0.0224. The topological polar surface area (TPSA) is 175 Å². The molecule has 2 saturated heterocycles. The first-order chi connectivity index (χ1) is 29.4. The predicted molar refractivity (Wildman–Crippen MR) is 235 cm³/mol. The van der Waals surface area contributed by atoms with E-state index in [1.807, 2.05) is 44.7 Å². The van der Waals surface area contributed by atoms with Crippen LogP contribution in [0.3, 0.4) is 0 Å². The second-order valence-electron chi connectivity index (χ2n) is 17.0. The van der Waals surface area contributed by atoms with E-state index in [1.165, 1.54) is 14.2 Å². The summed E-state index contributed by atoms with van der Waals surface area (Å²) in [6.45, 7) is 9.25. The molecule has 2 aliphatic rings. The average molecular weight is 827 g/mol. The number of Topliss-reactive ketones (excluding diaryl/α,β-unsaturated/α-hetero) is 1. The van der Waals surface area contributed by atoms with Crippen molar-refractivity contribution >= 4 is 56.7 Å². The number of carbonyl (C=O) groups is 4. The molecule has 0 spiro atoms. The van der Waals surface area contributed by atoms with Gasteiger partial charge in [-0.05, 0) is 113 Å². The van der Waals surface area contributed by atoms with Crippen molar-refractivity contribution in [1.82, 2.24) is 40.4 Å². The second-order valence-corrected chi connectivity index (χ2v) is 17.0. The number of likely N-dealkylation sites (tertiary alicyclic amines) is 2. The van der Waals surface area contributed by atoms with Crippen molar-refractivity contribution in [1.29, 1.82) is 0 Å². The molecular formula is C47H54N8O6. The van der Waals surface area contributed by atoms with E-state index in [2.05, 4.69) is 86.2 Å². The Morgan fingerprint density at radius 1 is 0.656 bits per heavy atom. The molecule has 0 bridgehead atoms. The fourth-order valence-electron chi connectivity index (χ4n) is 8.96. The molecule has 2 aromatic heterocycles. The maximum atomic E-state index is 13.7. The zero-order chi connectivity index (χ0) is 42.9. The van der Waals surface area contributed by atoms with E-state index >= 15 is 0 Å². The van der Waals surface area contributed by atoms with Gasteiger partial charge in [0, 0.05) is 6.54 Å². The molecule has 14 nitrogen and oxygen atoms in total. The van der Waals surface area contributed by atoms with Crippen molar-refractivity contribution in [2.24, 2.45) is 11.8 Å². The number of ether oxygens (including phenoxy) is 2. The number of H-pyrrole nitrogens is 2. The van der Waals surface area contributed by atoms with E-state index < -0.39 is 24.3 Å². The summed E-state index contributed by atoms with van der Waals surface area (Å²) in [5.41, 5.74) is 7.84. The van der Waals surface area contributed by atoms with Gasteiger partial charge in [0.1, 0.15) is 17.7 Å². The number of hydrogen-bond acceptors (Lipinski definition) is 9. The molecule has 2 aliphatic heterocycles. The molecule has 61 heavy (non-hydrogen) atoms. The number of benzene rings is 4. The molecule has 3 amide bonds. The summed E-state index contributed by atoms with van der Waals surface area (Å²) in [5, 5.41) is 7.66. The van der Waals surface area contributed by atoms with Gasteiger partial charge in [0.15, 0.2) is 5.78 Å². The third kappa shape index (κ3) is 8.54. The van der Waals surface area contributed by atoms with Gasteiger partial charge in [0.25, 0.3) is 0 Å². The Balaban J connectivity index is 0.975. The Labute approximate surface area is 354 Å². The fraction of sp³-hybridized carbons (Fsp3) is 0.404. The Morgan fingerprint density at radius 2 is 1.13 bits per heavy atom. The highest BCUT2D eigenvalue weighted by Gasteiger charge is 2.38. The second kappa shape index (κ2) is 17.4. The number of fused-ring (bicyclic) bond motifs is 3. The molecule has 0 unspecified atom stereocenters. The zero-order valence-electron chi connectivity index (χ0n) is 35.6. The molecule has 318 valence electrons. The van der Waals surface area contributed by atoms with Crippen LogP contribution in [-0.2, 0) is 19.1 Å². The summed E-state index contributed by atoms with van der Waals surface area (Å²) in [6.07, 6.45) is 2.25. The third-order valence-corrected chi connectivity index (χ3v) is 12.3. The van der Waals surface area contributed by atoms with Crippen molar-refractivity contribution < 1.29 is 28.7 Å². The number of rotatable bonds is 12. The zero-order valence-corrected chi connectivity index (χ0v) is 35.6. The highest BCUT2D eigenvalue weighted by molar-refractivity contribution is 5.93. The van der Waals surface area contributed by atoms with E-state index in [-0.39, 0.29) is 42.2 Å². The smallest absolute Gasteiger partial charge is 0.407 e. The summed E-state index contributed by atoms with van der Waals surface area (Å²) < 4.78 is 9.54. The van der Waals surface area contributed by atoms with E-state index in [0.717, 1.165) is 99.0 Å². The van der Waals surface area contributed by atoms with Gasteiger partial charge >= 0.3 is 12.2 Å². The quantitative estimate of drug-likeness (QED) is 0.0952. The number of methoxy groups -OCH3 is 2. The van der Waals surface area contributed by atoms with Crippen LogP contribution < -0.4 is 10.6 Å². The molecule has 0 aliphatic carbocycles. The van der Waals surface area contributed by atoms with Crippen molar-refractivity contribution in [3.63, 3.8) is 0 Å². The Hall–Kier alpha value is -6.28.